The lowest BCUT2D eigenvalue weighted by Gasteiger charge is -2.34. The Hall–Kier alpha value is -0.860. The van der Waals surface area contributed by atoms with E-state index in [1.807, 2.05) is 0 Å². The van der Waals surface area contributed by atoms with E-state index >= 15 is 0 Å². The minimum absolute atomic E-state index is 0.101. The molecule has 0 aliphatic heterocycles. The van der Waals surface area contributed by atoms with E-state index in [1.54, 1.807) is 13.0 Å². The molecule has 22 heavy (non-hydrogen) atoms. The molecule has 126 valence electrons. The van der Waals surface area contributed by atoms with Crippen LogP contribution < -0.4 is 0 Å². The van der Waals surface area contributed by atoms with Crippen molar-refractivity contribution in [1.82, 2.24) is 0 Å². The molecule has 1 saturated carbocycles. The molecule has 2 aliphatic rings. The summed E-state index contributed by atoms with van der Waals surface area (Å²) >= 11 is 0. The number of ether oxygens (including phenoxy) is 1. The summed E-state index contributed by atoms with van der Waals surface area (Å²) in [7, 11) is 0. The van der Waals surface area contributed by atoms with Crippen LogP contribution in [0.1, 0.15) is 71.6 Å². The lowest BCUT2D eigenvalue weighted by molar-refractivity contribution is 0.175. The molecule has 0 amide bonds. The number of hydrogen-bond donors (Lipinski definition) is 0. The second kappa shape index (κ2) is 8.69. The largest absolute Gasteiger partial charge is 0.491 e. The van der Waals surface area contributed by atoms with Gasteiger partial charge in [-0.3, -0.25) is 0 Å². The maximum atomic E-state index is 14.3. The third kappa shape index (κ3) is 4.33. The van der Waals surface area contributed by atoms with Crippen LogP contribution in [-0.4, -0.2) is 6.61 Å². The Labute approximate surface area is 133 Å². The smallest absolute Gasteiger partial charge is 0.196 e. The van der Waals surface area contributed by atoms with Crippen LogP contribution in [0.2, 0.25) is 0 Å². The molecule has 0 N–H and O–H groups in total. The molecule has 0 heterocycles. The van der Waals surface area contributed by atoms with Gasteiger partial charge in [-0.05, 0) is 44.1 Å². The van der Waals surface area contributed by atoms with E-state index in [1.165, 1.54) is 38.5 Å². The molecule has 3 heteroatoms. The molecule has 0 aromatic rings. The quantitative estimate of drug-likeness (QED) is 0.490. The zero-order chi connectivity index (χ0) is 15.9. The molecule has 1 atom stereocenters. The first-order valence-corrected chi connectivity index (χ1v) is 9.05. The van der Waals surface area contributed by atoms with Crippen LogP contribution in [0.15, 0.2) is 23.5 Å². The number of rotatable bonds is 7. The molecule has 0 saturated heterocycles. The first-order chi connectivity index (χ1) is 10.7. The zero-order valence-electron chi connectivity index (χ0n) is 14.0. The summed E-state index contributed by atoms with van der Waals surface area (Å²) < 4.78 is 33.5. The van der Waals surface area contributed by atoms with E-state index < -0.39 is 11.7 Å². The van der Waals surface area contributed by atoms with Gasteiger partial charge in [0.15, 0.2) is 11.6 Å². The van der Waals surface area contributed by atoms with Gasteiger partial charge in [0, 0.05) is 5.92 Å². The first-order valence-electron chi connectivity index (χ1n) is 9.05. The minimum atomic E-state index is -0.761. The van der Waals surface area contributed by atoms with Crippen molar-refractivity contribution >= 4 is 0 Å². The third-order valence-electron chi connectivity index (χ3n) is 5.28. The third-order valence-corrected chi connectivity index (χ3v) is 5.28. The number of allylic oxidation sites excluding steroid dienone is 3. The minimum Gasteiger partial charge on any atom is -0.491 e. The zero-order valence-corrected chi connectivity index (χ0v) is 14.0. The van der Waals surface area contributed by atoms with Crippen molar-refractivity contribution < 1.29 is 13.5 Å². The van der Waals surface area contributed by atoms with E-state index in [-0.39, 0.29) is 11.7 Å². The normalized spacial score (nSPS) is 29.5. The topological polar surface area (TPSA) is 9.23 Å². The van der Waals surface area contributed by atoms with Gasteiger partial charge in [-0.15, -0.1) is 0 Å². The molecule has 1 fully saturated rings. The Bertz CT molecular complexity index is 406. The van der Waals surface area contributed by atoms with Crippen LogP contribution in [-0.2, 0) is 4.74 Å². The van der Waals surface area contributed by atoms with E-state index in [9.17, 15) is 8.78 Å². The summed E-state index contributed by atoms with van der Waals surface area (Å²) in [5.41, 5.74) is 0. The fourth-order valence-electron chi connectivity index (χ4n) is 3.95. The van der Waals surface area contributed by atoms with Crippen molar-refractivity contribution in [2.75, 3.05) is 6.61 Å². The van der Waals surface area contributed by atoms with E-state index in [0.29, 0.717) is 18.9 Å². The highest BCUT2D eigenvalue weighted by molar-refractivity contribution is 5.28. The summed E-state index contributed by atoms with van der Waals surface area (Å²) in [5.74, 6) is -0.390. The molecule has 0 radical (unpaired) electrons. The number of unbranched alkanes of at least 4 members (excludes halogenated alkanes) is 2. The summed E-state index contributed by atoms with van der Waals surface area (Å²) in [6.07, 6.45) is 12.0. The molecule has 0 aromatic carbocycles. The Kier molecular flexibility index (Phi) is 6.91. The molecule has 0 bridgehead atoms. The molecule has 1 unspecified atom stereocenters. The van der Waals surface area contributed by atoms with Gasteiger partial charge in [0.2, 0.25) is 0 Å². The highest BCUT2D eigenvalue weighted by Crippen LogP contribution is 2.44. The van der Waals surface area contributed by atoms with Gasteiger partial charge in [-0.2, -0.15) is 0 Å². The number of halogens is 2. The maximum absolute atomic E-state index is 14.3. The van der Waals surface area contributed by atoms with Gasteiger partial charge < -0.3 is 4.74 Å². The monoisotopic (exact) mass is 312 g/mol. The van der Waals surface area contributed by atoms with Crippen LogP contribution in [0, 0.1) is 17.8 Å². The molecule has 0 aromatic heterocycles. The van der Waals surface area contributed by atoms with Crippen molar-refractivity contribution in [2.24, 2.45) is 17.8 Å². The van der Waals surface area contributed by atoms with Crippen LogP contribution in [0.5, 0.6) is 0 Å². The van der Waals surface area contributed by atoms with Gasteiger partial charge >= 0.3 is 0 Å². The van der Waals surface area contributed by atoms with Gasteiger partial charge in [0.1, 0.15) is 5.83 Å². The fraction of sp³-hybridized carbons (Fsp3) is 0.789. The van der Waals surface area contributed by atoms with E-state index in [0.717, 1.165) is 18.8 Å². The average molecular weight is 312 g/mol. The summed E-state index contributed by atoms with van der Waals surface area (Å²) in [5, 5.41) is 0. The SMILES string of the molecule is CCCCCC1CCC(C2CC=C(OCC)C(F)=C2F)CC1. The molecule has 0 spiro atoms. The maximum Gasteiger partial charge on any atom is 0.196 e. The van der Waals surface area contributed by atoms with Gasteiger partial charge in [-0.25, -0.2) is 8.78 Å². The van der Waals surface area contributed by atoms with Crippen molar-refractivity contribution in [2.45, 2.75) is 71.6 Å². The van der Waals surface area contributed by atoms with Crippen LogP contribution in [0.3, 0.4) is 0 Å². The molecule has 1 nitrogen and oxygen atoms in total. The highest BCUT2D eigenvalue weighted by Gasteiger charge is 2.34. The Morgan fingerprint density at radius 1 is 1.09 bits per heavy atom. The summed E-state index contributed by atoms with van der Waals surface area (Å²) in [6, 6.07) is 0. The predicted molar refractivity (Wildman–Crippen MR) is 86.6 cm³/mol. The summed E-state index contributed by atoms with van der Waals surface area (Å²) in [4.78, 5) is 0. The van der Waals surface area contributed by atoms with Gasteiger partial charge in [-0.1, -0.05) is 45.4 Å². The second-order valence-electron chi connectivity index (χ2n) is 6.78. The highest BCUT2D eigenvalue weighted by atomic mass is 19.2. The van der Waals surface area contributed by atoms with E-state index in [4.69, 9.17) is 4.74 Å². The Morgan fingerprint density at radius 3 is 2.45 bits per heavy atom. The van der Waals surface area contributed by atoms with Crippen LogP contribution in [0.25, 0.3) is 0 Å². The van der Waals surface area contributed by atoms with Crippen molar-refractivity contribution in [3.05, 3.63) is 23.5 Å². The second-order valence-corrected chi connectivity index (χ2v) is 6.78. The Morgan fingerprint density at radius 2 is 1.82 bits per heavy atom. The van der Waals surface area contributed by atoms with E-state index in [2.05, 4.69) is 6.92 Å². The molecule has 2 aliphatic carbocycles. The fourth-order valence-corrected chi connectivity index (χ4v) is 3.95. The lowest BCUT2D eigenvalue weighted by atomic mass is 9.72. The number of hydrogen-bond acceptors (Lipinski definition) is 1. The van der Waals surface area contributed by atoms with Gasteiger partial charge in [0.05, 0.1) is 6.61 Å². The Balaban J connectivity index is 1.85. The van der Waals surface area contributed by atoms with Crippen molar-refractivity contribution in [1.29, 1.82) is 0 Å². The van der Waals surface area contributed by atoms with Crippen LogP contribution >= 0.6 is 0 Å². The molecular weight excluding hydrogens is 282 g/mol. The summed E-state index contributed by atoms with van der Waals surface area (Å²) in [6.45, 7) is 4.39. The van der Waals surface area contributed by atoms with Crippen LogP contribution in [0.4, 0.5) is 8.78 Å². The first kappa shape index (κ1) is 17.5. The van der Waals surface area contributed by atoms with Crippen molar-refractivity contribution in [3.63, 3.8) is 0 Å². The standard InChI is InChI=1S/C19H30F2O/c1-3-5-6-7-14-8-10-15(11-9-14)16-12-13-17(22-4-2)19(21)18(16)20/h13-16H,3-12H2,1-2H3. The lowest BCUT2D eigenvalue weighted by Crippen LogP contribution is -2.24. The predicted octanol–water partition coefficient (Wildman–Crippen LogP) is 6.46. The average Bonchev–Trinajstić information content (AvgIpc) is 2.53. The molecule has 2 rings (SSSR count). The van der Waals surface area contributed by atoms with Crippen molar-refractivity contribution in [3.8, 4) is 0 Å². The van der Waals surface area contributed by atoms with Gasteiger partial charge in [0.25, 0.3) is 0 Å². The molecular formula is C19H30F2O.